The maximum atomic E-state index is 14.2. The van der Waals surface area contributed by atoms with E-state index >= 15 is 0 Å². The minimum absolute atomic E-state index is 0.0352. The molecule has 0 saturated heterocycles. The normalized spacial score (nSPS) is 18.6. The highest BCUT2D eigenvalue weighted by Crippen LogP contribution is 2.41. The molecule has 0 saturated carbocycles. The van der Waals surface area contributed by atoms with Gasteiger partial charge in [0, 0.05) is 22.5 Å². The Kier molecular flexibility index (Phi) is 4.14. The Bertz CT molecular complexity index is 1050. The molecular weight excluding hydrogens is 356 g/mol. The van der Waals surface area contributed by atoms with Gasteiger partial charge in [0.1, 0.15) is 23.1 Å². The third-order valence-electron chi connectivity index (χ3n) is 4.85. The molecule has 0 aromatic heterocycles. The first-order valence-electron chi connectivity index (χ1n) is 8.32. The van der Waals surface area contributed by atoms with E-state index in [1.165, 1.54) is 7.11 Å². The van der Waals surface area contributed by atoms with Crippen LogP contribution in [0.25, 0.3) is 10.8 Å². The van der Waals surface area contributed by atoms with Gasteiger partial charge in [0.05, 0.1) is 7.11 Å². The summed E-state index contributed by atoms with van der Waals surface area (Å²) in [5.41, 5.74) is 0.495. The standard InChI is InChI=1S/C20H15F2NO4/c1-26-13-5-2-11-3-7-19-15(14(11)9-13)10-18(23(24)25)20(27-19)16-8-12(21)4-6-17(16)22/h2-9,18,20H,10H2,1H3. The monoisotopic (exact) mass is 371 g/mol. The molecule has 4 rings (SSSR count). The molecule has 2 unspecified atom stereocenters. The quantitative estimate of drug-likeness (QED) is 0.504. The van der Waals surface area contributed by atoms with Gasteiger partial charge in [-0.1, -0.05) is 12.1 Å². The Hall–Kier alpha value is -3.22. The Labute approximate surface area is 153 Å². The first-order chi connectivity index (χ1) is 13.0. The van der Waals surface area contributed by atoms with E-state index in [0.717, 1.165) is 29.0 Å². The maximum absolute atomic E-state index is 14.2. The van der Waals surface area contributed by atoms with Crippen LogP contribution in [0.15, 0.2) is 48.5 Å². The Morgan fingerprint density at radius 2 is 1.93 bits per heavy atom. The molecule has 0 fully saturated rings. The van der Waals surface area contributed by atoms with Crippen LogP contribution in [0.1, 0.15) is 17.2 Å². The molecule has 0 N–H and O–H groups in total. The fourth-order valence-electron chi connectivity index (χ4n) is 3.51. The molecule has 3 aromatic rings. The summed E-state index contributed by atoms with van der Waals surface area (Å²) >= 11 is 0. The van der Waals surface area contributed by atoms with Crippen LogP contribution in [0.5, 0.6) is 11.5 Å². The third kappa shape index (κ3) is 2.95. The lowest BCUT2D eigenvalue weighted by Crippen LogP contribution is -2.37. The van der Waals surface area contributed by atoms with Crippen LogP contribution in [0, 0.1) is 21.7 Å². The van der Waals surface area contributed by atoms with Crippen molar-refractivity contribution in [3.63, 3.8) is 0 Å². The molecule has 1 aliphatic heterocycles. The minimum Gasteiger partial charge on any atom is -0.497 e. The highest BCUT2D eigenvalue weighted by molar-refractivity contribution is 5.89. The molecule has 138 valence electrons. The Morgan fingerprint density at radius 3 is 2.67 bits per heavy atom. The van der Waals surface area contributed by atoms with E-state index in [2.05, 4.69) is 0 Å². The second kappa shape index (κ2) is 6.50. The van der Waals surface area contributed by atoms with E-state index in [9.17, 15) is 18.9 Å². The summed E-state index contributed by atoms with van der Waals surface area (Å²) in [7, 11) is 1.54. The number of methoxy groups -OCH3 is 1. The number of fused-ring (bicyclic) bond motifs is 3. The van der Waals surface area contributed by atoms with Gasteiger partial charge in [-0.05, 0) is 47.2 Å². The molecule has 1 aliphatic rings. The first-order valence-corrected chi connectivity index (χ1v) is 8.32. The van der Waals surface area contributed by atoms with E-state index in [0.29, 0.717) is 17.1 Å². The van der Waals surface area contributed by atoms with Gasteiger partial charge < -0.3 is 9.47 Å². The van der Waals surface area contributed by atoms with Gasteiger partial charge >= 0.3 is 0 Å². The van der Waals surface area contributed by atoms with Crippen LogP contribution in [-0.4, -0.2) is 18.1 Å². The molecule has 0 amide bonds. The van der Waals surface area contributed by atoms with Gasteiger partial charge in [0.2, 0.25) is 0 Å². The molecule has 0 bridgehead atoms. The molecule has 0 spiro atoms. The van der Waals surface area contributed by atoms with Crippen molar-refractivity contribution in [2.75, 3.05) is 7.11 Å². The number of nitrogens with zero attached hydrogens (tertiary/aromatic N) is 1. The second-order valence-corrected chi connectivity index (χ2v) is 6.39. The summed E-state index contributed by atoms with van der Waals surface area (Å²) in [6, 6.07) is 10.6. The van der Waals surface area contributed by atoms with Gasteiger partial charge in [0.15, 0.2) is 6.10 Å². The summed E-state index contributed by atoms with van der Waals surface area (Å²) in [5.74, 6) is -0.375. The van der Waals surface area contributed by atoms with Crippen LogP contribution >= 0.6 is 0 Å². The van der Waals surface area contributed by atoms with Gasteiger partial charge in [-0.2, -0.15) is 0 Å². The summed E-state index contributed by atoms with van der Waals surface area (Å²) in [5, 5.41) is 13.3. The highest BCUT2D eigenvalue weighted by Gasteiger charge is 2.41. The van der Waals surface area contributed by atoms with Crippen molar-refractivity contribution in [3.8, 4) is 11.5 Å². The van der Waals surface area contributed by atoms with Gasteiger partial charge in [-0.25, -0.2) is 8.78 Å². The maximum Gasteiger partial charge on any atom is 0.257 e. The van der Waals surface area contributed by atoms with Crippen LogP contribution < -0.4 is 9.47 Å². The van der Waals surface area contributed by atoms with Gasteiger partial charge in [-0.3, -0.25) is 10.1 Å². The second-order valence-electron chi connectivity index (χ2n) is 6.39. The lowest BCUT2D eigenvalue weighted by atomic mass is 9.90. The van der Waals surface area contributed by atoms with Crippen molar-refractivity contribution in [1.82, 2.24) is 0 Å². The number of halogens is 2. The van der Waals surface area contributed by atoms with Crippen molar-refractivity contribution in [1.29, 1.82) is 0 Å². The molecule has 0 aliphatic carbocycles. The van der Waals surface area contributed by atoms with E-state index in [4.69, 9.17) is 9.47 Å². The lowest BCUT2D eigenvalue weighted by molar-refractivity contribution is -0.535. The van der Waals surface area contributed by atoms with Crippen LogP contribution in [-0.2, 0) is 6.42 Å². The van der Waals surface area contributed by atoms with E-state index in [-0.39, 0.29) is 12.0 Å². The molecule has 5 nitrogen and oxygen atoms in total. The molecule has 0 radical (unpaired) electrons. The average molecular weight is 371 g/mol. The van der Waals surface area contributed by atoms with Crippen LogP contribution in [0.3, 0.4) is 0 Å². The summed E-state index contributed by atoms with van der Waals surface area (Å²) in [6.45, 7) is 0. The number of nitro groups is 1. The fraction of sp³-hybridized carbons (Fsp3) is 0.200. The minimum atomic E-state index is -1.24. The number of hydrogen-bond acceptors (Lipinski definition) is 4. The predicted molar refractivity (Wildman–Crippen MR) is 94.7 cm³/mol. The largest absolute Gasteiger partial charge is 0.497 e. The molecule has 7 heteroatoms. The number of hydrogen-bond donors (Lipinski definition) is 0. The van der Waals surface area contributed by atoms with Gasteiger partial charge in [-0.15, -0.1) is 0 Å². The SMILES string of the molecule is COc1ccc2ccc3c(c2c1)CC([N+](=O)[O-])C(c1cc(F)ccc1F)O3. The van der Waals surface area contributed by atoms with Crippen LogP contribution in [0.2, 0.25) is 0 Å². The van der Waals surface area contributed by atoms with Gasteiger partial charge in [0.25, 0.3) is 6.04 Å². The van der Waals surface area contributed by atoms with Crippen molar-refractivity contribution in [2.45, 2.75) is 18.6 Å². The molecule has 2 atom stereocenters. The third-order valence-corrected chi connectivity index (χ3v) is 4.85. The summed E-state index contributed by atoms with van der Waals surface area (Å²) in [4.78, 5) is 11.2. The average Bonchev–Trinajstić information content (AvgIpc) is 2.68. The van der Waals surface area contributed by atoms with Crippen molar-refractivity contribution >= 4 is 10.8 Å². The Morgan fingerprint density at radius 1 is 1.15 bits per heavy atom. The van der Waals surface area contributed by atoms with Crippen LogP contribution in [0.4, 0.5) is 8.78 Å². The molecule has 3 aromatic carbocycles. The molecular formula is C20H15F2NO4. The van der Waals surface area contributed by atoms with Crippen molar-refractivity contribution in [2.24, 2.45) is 0 Å². The summed E-state index contributed by atoms with van der Waals surface area (Å²) in [6.07, 6.45) is -1.18. The Balaban J connectivity index is 1.86. The topological polar surface area (TPSA) is 61.6 Å². The van der Waals surface area contributed by atoms with E-state index in [1.807, 2.05) is 12.1 Å². The molecule has 27 heavy (non-hydrogen) atoms. The summed E-state index contributed by atoms with van der Waals surface area (Å²) < 4.78 is 38.9. The van der Waals surface area contributed by atoms with E-state index in [1.54, 1.807) is 18.2 Å². The van der Waals surface area contributed by atoms with Crippen molar-refractivity contribution in [3.05, 3.63) is 81.4 Å². The zero-order valence-electron chi connectivity index (χ0n) is 14.3. The number of rotatable bonds is 3. The molecule has 1 heterocycles. The van der Waals surface area contributed by atoms with Crippen molar-refractivity contribution < 1.29 is 23.2 Å². The zero-order valence-corrected chi connectivity index (χ0v) is 14.3. The first kappa shape index (κ1) is 17.2. The number of ether oxygens (including phenoxy) is 2. The highest BCUT2D eigenvalue weighted by atomic mass is 19.1. The van der Waals surface area contributed by atoms with E-state index < -0.39 is 28.7 Å². The lowest BCUT2D eigenvalue weighted by Gasteiger charge is -2.30. The number of benzene rings is 3. The smallest absolute Gasteiger partial charge is 0.257 e. The zero-order chi connectivity index (χ0) is 19.1. The fourth-order valence-corrected chi connectivity index (χ4v) is 3.51. The predicted octanol–water partition coefficient (Wildman–Crippen LogP) is 4.45.